The Labute approximate surface area is 292 Å². The summed E-state index contributed by atoms with van der Waals surface area (Å²) in [6.07, 6.45) is 5.30. The maximum absolute atomic E-state index is 14.4. The van der Waals surface area contributed by atoms with Gasteiger partial charge in [0, 0.05) is 12.6 Å². The third-order valence-corrected chi connectivity index (χ3v) is 10.9. The zero-order valence-corrected chi connectivity index (χ0v) is 29.1. The highest BCUT2D eigenvalue weighted by molar-refractivity contribution is 7.92. The minimum Gasteiger partial charge on any atom is -0.457 e. The minimum atomic E-state index is -4.21. The number of ether oxygens (including phenoxy) is 1. The number of carbonyl (C=O) groups excluding carboxylic acids is 2. The van der Waals surface area contributed by atoms with Gasteiger partial charge < -0.3 is 15.0 Å². The summed E-state index contributed by atoms with van der Waals surface area (Å²) in [5.41, 5.74) is 0.920. The summed E-state index contributed by atoms with van der Waals surface area (Å²) in [6, 6.07) is 27.9. The predicted octanol–water partition coefficient (Wildman–Crippen LogP) is 8.24. The Morgan fingerprint density at radius 3 is 2.08 bits per heavy atom. The highest BCUT2D eigenvalue weighted by Gasteiger charge is 2.34. The first-order valence-electron chi connectivity index (χ1n) is 16.1. The molecule has 4 aromatic carbocycles. The second-order valence-electron chi connectivity index (χ2n) is 11.8. The van der Waals surface area contributed by atoms with Crippen LogP contribution in [-0.2, 0) is 26.2 Å². The van der Waals surface area contributed by atoms with Crippen LogP contribution in [0, 0.1) is 0 Å². The fourth-order valence-corrected chi connectivity index (χ4v) is 7.61. The van der Waals surface area contributed by atoms with Crippen LogP contribution in [0.1, 0.15) is 51.0 Å². The van der Waals surface area contributed by atoms with Crippen molar-refractivity contribution in [3.05, 3.63) is 119 Å². The lowest BCUT2D eigenvalue weighted by atomic mass is 9.95. The van der Waals surface area contributed by atoms with Crippen LogP contribution in [0.3, 0.4) is 0 Å². The van der Waals surface area contributed by atoms with Crippen LogP contribution in [0.4, 0.5) is 5.69 Å². The zero-order valence-electron chi connectivity index (χ0n) is 26.7. The van der Waals surface area contributed by atoms with Gasteiger partial charge in [-0.05, 0) is 85.5 Å². The first kappa shape index (κ1) is 35.3. The number of nitrogens with zero attached hydrogens (tertiary/aromatic N) is 2. The lowest BCUT2D eigenvalue weighted by Crippen LogP contribution is -2.54. The Kier molecular flexibility index (Phi) is 12.0. The number of anilines is 1. The van der Waals surface area contributed by atoms with Gasteiger partial charge in [-0.1, -0.05) is 91.9 Å². The number of halogens is 2. The molecule has 1 atom stereocenters. The number of para-hydroxylation sites is 1. The molecule has 0 radical (unpaired) electrons. The Hall–Kier alpha value is -4.05. The molecule has 48 heavy (non-hydrogen) atoms. The first-order chi connectivity index (χ1) is 23.2. The van der Waals surface area contributed by atoms with Gasteiger partial charge >= 0.3 is 0 Å². The smallest absolute Gasteiger partial charge is 0.264 e. The van der Waals surface area contributed by atoms with E-state index in [-0.39, 0.29) is 29.1 Å². The van der Waals surface area contributed by atoms with Gasteiger partial charge in [0.25, 0.3) is 10.0 Å². The van der Waals surface area contributed by atoms with Crippen molar-refractivity contribution in [3.8, 4) is 11.5 Å². The van der Waals surface area contributed by atoms with Crippen LogP contribution in [0.25, 0.3) is 0 Å². The highest BCUT2D eigenvalue weighted by atomic mass is 35.5. The van der Waals surface area contributed by atoms with Crippen LogP contribution < -0.4 is 14.4 Å². The normalized spacial score (nSPS) is 14.1. The van der Waals surface area contributed by atoms with Gasteiger partial charge in [-0.3, -0.25) is 13.9 Å². The van der Waals surface area contributed by atoms with Crippen molar-refractivity contribution in [1.29, 1.82) is 0 Å². The lowest BCUT2D eigenvalue weighted by molar-refractivity contribution is -0.140. The molecule has 1 saturated carbocycles. The Morgan fingerprint density at radius 2 is 1.46 bits per heavy atom. The second-order valence-corrected chi connectivity index (χ2v) is 14.4. The van der Waals surface area contributed by atoms with Gasteiger partial charge in [-0.15, -0.1) is 0 Å². The molecule has 0 spiro atoms. The summed E-state index contributed by atoms with van der Waals surface area (Å²) in [5, 5.41) is 3.83. The number of nitrogens with one attached hydrogen (secondary N) is 1. The van der Waals surface area contributed by atoms with Crippen molar-refractivity contribution in [3.63, 3.8) is 0 Å². The van der Waals surface area contributed by atoms with Gasteiger partial charge in [0.05, 0.1) is 20.6 Å². The monoisotopic (exact) mass is 707 g/mol. The average molecular weight is 709 g/mol. The molecular weight excluding hydrogens is 669 g/mol. The topological polar surface area (TPSA) is 96.0 Å². The van der Waals surface area contributed by atoms with E-state index in [1.54, 1.807) is 60.7 Å². The van der Waals surface area contributed by atoms with Crippen LogP contribution in [0.5, 0.6) is 11.5 Å². The van der Waals surface area contributed by atoms with Crippen molar-refractivity contribution in [2.24, 2.45) is 0 Å². The van der Waals surface area contributed by atoms with Gasteiger partial charge in [0.15, 0.2) is 0 Å². The molecule has 0 saturated heterocycles. The van der Waals surface area contributed by atoms with Crippen molar-refractivity contribution >= 4 is 50.7 Å². The molecule has 0 heterocycles. The highest BCUT2D eigenvalue weighted by Crippen LogP contribution is 2.29. The summed E-state index contributed by atoms with van der Waals surface area (Å²) in [5.74, 6) is 0.317. The third kappa shape index (κ3) is 8.89. The molecule has 1 fully saturated rings. The Bertz CT molecular complexity index is 1790. The maximum Gasteiger partial charge on any atom is 0.264 e. The molecular formula is C37H39Cl2N3O5S. The molecule has 1 aliphatic carbocycles. The van der Waals surface area contributed by atoms with E-state index < -0.39 is 28.5 Å². The molecule has 11 heteroatoms. The molecule has 2 amide bonds. The van der Waals surface area contributed by atoms with E-state index >= 15 is 0 Å². The van der Waals surface area contributed by atoms with Crippen molar-refractivity contribution in [2.45, 2.75) is 69.0 Å². The van der Waals surface area contributed by atoms with Crippen LogP contribution >= 0.6 is 23.2 Å². The van der Waals surface area contributed by atoms with Crippen molar-refractivity contribution in [2.75, 3.05) is 10.8 Å². The fraction of sp³-hybridized carbons (Fsp3) is 0.297. The number of hydrogen-bond donors (Lipinski definition) is 1. The van der Waals surface area contributed by atoms with E-state index in [1.165, 1.54) is 17.0 Å². The van der Waals surface area contributed by atoms with Crippen LogP contribution in [0.2, 0.25) is 10.0 Å². The van der Waals surface area contributed by atoms with E-state index in [9.17, 15) is 18.0 Å². The molecule has 0 aromatic heterocycles. The molecule has 0 bridgehead atoms. The molecule has 8 nitrogen and oxygen atoms in total. The number of sulfonamides is 1. The molecule has 1 N–H and O–H groups in total. The summed E-state index contributed by atoms with van der Waals surface area (Å²) in [4.78, 5) is 29.7. The molecule has 1 aliphatic rings. The van der Waals surface area contributed by atoms with Crippen molar-refractivity contribution in [1.82, 2.24) is 10.2 Å². The predicted molar refractivity (Wildman–Crippen MR) is 190 cm³/mol. The average Bonchev–Trinajstić information content (AvgIpc) is 3.10. The Morgan fingerprint density at radius 1 is 0.833 bits per heavy atom. The quantitative estimate of drug-likeness (QED) is 0.151. The van der Waals surface area contributed by atoms with Crippen molar-refractivity contribution < 1.29 is 22.7 Å². The SMILES string of the molecule is CC[C@@H](C(=O)NC1CCCCC1)N(Cc1ccc(Cl)c(Cl)c1)C(=O)CN(c1ccc(Oc2ccccc2)cc1)S(=O)(=O)c1ccccc1. The number of rotatable bonds is 13. The minimum absolute atomic E-state index is 0.0232. The summed E-state index contributed by atoms with van der Waals surface area (Å²) in [6.45, 7) is 1.31. The Balaban J connectivity index is 1.48. The largest absolute Gasteiger partial charge is 0.457 e. The summed E-state index contributed by atoms with van der Waals surface area (Å²) >= 11 is 12.5. The lowest BCUT2D eigenvalue weighted by Gasteiger charge is -2.34. The summed E-state index contributed by atoms with van der Waals surface area (Å²) < 4.78 is 35.3. The van der Waals surface area contributed by atoms with Crippen LogP contribution in [0.15, 0.2) is 108 Å². The fourth-order valence-electron chi connectivity index (χ4n) is 5.85. The van der Waals surface area contributed by atoms with Crippen LogP contribution in [-0.4, -0.2) is 43.8 Å². The van der Waals surface area contributed by atoms with Gasteiger partial charge in [0.1, 0.15) is 24.1 Å². The molecule has 0 aliphatic heterocycles. The van der Waals surface area contributed by atoms with Gasteiger partial charge in [-0.25, -0.2) is 8.42 Å². The first-order valence-corrected chi connectivity index (χ1v) is 18.3. The number of amides is 2. The molecule has 252 valence electrons. The second kappa shape index (κ2) is 16.4. The van der Waals surface area contributed by atoms with E-state index in [4.69, 9.17) is 27.9 Å². The van der Waals surface area contributed by atoms with E-state index in [0.29, 0.717) is 33.5 Å². The van der Waals surface area contributed by atoms with Gasteiger partial charge in [0.2, 0.25) is 11.8 Å². The maximum atomic E-state index is 14.4. The van der Waals surface area contributed by atoms with Gasteiger partial charge in [-0.2, -0.15) is 0 Å². The molecule has 0 unspecified atom stereocenters. The summed E-state index contributed by atoms with van der Waals surface area (Å²) in [7, 11) is -4.21. The van der Waals surface area contributed by atoms with E-state index in [2.05, 4.69) is 5.32 Å². The number of hydrogen-bond acceptors (Lipinski definition) is 5. The third-order valence-electron chi connectivity index (χ3n) is 8.39. The van der Waals surface area contributed by atoms with E-state index in [1.807, 2.05) is 37.3 Å². The van der Waals surface area contributed by atoms with E-state index in [0.717, 1.165) is 36.4 Å². The zero-order chi connectivity index (χ0) is 34.1. The molecule has 4 aromatic rings. The standard InChI is InChI=1S/C37H39Cl2N3O5S/c1-2-35(37(44)40-28-12-6-3-7-13-28)41(25-27-18-23-33(38)34(39)24-27)36(43)26-42(48(45,46)32-16-10-5-11-17-32)29-19-21-31(22-20-29)47-30-14-8-4-9-15-30/h4-5,8-11,14-24,28,35H,2-3,6-7,12-13,25-26H2,1H3,(H,40,44)/t35-/m0/s1. The number of carbonyl (C=O) groups is 2. The number of benzene rings is 4. The molecule has 5 rings (SSSR count).